The second-order valence-electron chi connectivity index (χ2n) is 5.63. The number of thiazole rings is 1. The second kappa shape index (κ2) is 7.52. The third-order valence-electron chi connectivity index (χ3n) is 4.07. The number of carboxylic acid groups (broad SMARTS) is 1. The first-order valence-electron chi connectivity index (χ1n) is 7.82. The lowest BCUT2D eigenvalue weighted by Crippen LogP contribution is -2.40. The van der Waals surface area contributed by atoms with Crippen molar-refractivity contribution >= 4 is 23.2 Å². The van der Waals surface area contributed by atoms with Crippen molar-refractivity contribution in [1.82, 2.24) is 9.88 Å². The Bertz CT molecular complexity index is 762. The quantitative estimate of drug-likeness (QED) is 0.849. The predicted molar refractivity (Wildman–Crippen MR) is 91.1 cm³/mol. The molecule has 1 amide bonds. The van der Waals surface area contributed by atoms with Gasteiger partial charge >= 0.3 is 5.97 Å². The van der Waals surface area contributed by atoms with Crippen LogP contribution in [0.15, 0.2) is 29.1 Å². The van der Waals surface area contributed by atoms with E-state index in [4.69, 9.17) is 9.47 Å². The number of rotatable bonds is 6. The normalized spacial score (nSPS) is 16.7. The maximum atomic E-state index is 12.6. The summed E-state index contributed by atoms with van der Waals surface area (Å²) in [5.41, 5.74) is 2.92. The Hall–Kier alpha value is -2.61. The number of hydrogen-bond donors (Lipinski definition) is 1. The van der Waals surface area contributed by atoms with Crippen molar-refractivity contribution < 1.29 is 24.2 Å². The largest absolute Gasteiger partial charge is 0.493 e. The van der Waals surface area contributed by atoms with Gasteiger partial charge in [-0.05, 0) is 31.0 Å². The molecule has 1 saturated heterocycles. The number of ether oxygens (including phenoxy) is 2. The van der Waals surface area contributed by atoms with Crippen molar-refractivity contribution in [1.29, 1.82) is 0 Å². The molecule has 0 unspecified atom stereocenters. The Morgan fingerprint density at radius 1 is 1.40 bits per heavy atom. The highest BCUT2D eigenvalue weighted by Crippen LogP contribution is 2.30. The van der Waals surface area contributed by atoms with E-state index in [1.165, 1.54) is 23.3 Å². The maximum absolute atomic E-state index is 12.6. The minimum Gasteiger partial charge on any atom is -0.493 e. The fourth-order valence-electron chi connectivity index (χ4n) is 2.81. The van der Waals surface area contributed by atoms with E-state index in [-0.39, 0.29) is 5.91 Å². The topological polar surface area (TPSA) is 89.0 Å². The lowest BCUT2D eigenvalue weighted by molar-refractivity contribution is -0.141. The van der Waals surface area contributed by atoms with E-state index in [0.717, 1.165) is 5.69 Å². The Balaban J connectivity index is 1.76. The summed E-state index contributed by atoms with van der Waals surface area (Å²) in [6.07, 6.45) is 1.17. The van der Waals surface area contributed by atoms with Gasteiger partial charge < -0.3 is 19.5 Å². The van der Waals surface area contributed by atoms with Gasteiger partial charge in [0, 0.05) is 17.5 Å². The summed E-state index contributed by atoms with van der Waals surface area (Å²) in [4.78, 5) is 29.5. The monoisotopic (exact) mass is 362 g/mol. The van der Waals surface area contributed by atoms with Crippen molar-refractivity contribution in [2.24, 2.45) is 0 Å². The Morgan fingerprint density at radius 2 is 2.24 bits per heavy atom. The molecule has 1 aliphatic rings. The van der Waals surface area contributed by atoms with Crippen molar-refractivity contribution in [3.63, 3.8) is 0 Å². The summed E-state index contributed by atoms with van der Waals surface area (Å²) in [5, 5.41) is 11.1. The smallest absolute Gasteiger partial charge is 0.326 e. The average molecular weight is 362 g/mol. The molecule has 0 saturated carbocycles. The molecule has 2 aromatic rings. The second-order valence-corrected chi connectivity index (χ2v) is 6.35. The van der Waals surface area contributed by atoms with Crippen molar-refractivity contribution in [2.75, 3.05) is 13.7 Å². The Labute approximate surface area is 148 Å². The average Bonchev–Trinajstić information content (AvgIpc) is 3.30. The van der Waals surface area contributed by atoms with Crippen LogP contribution in [0.3, 0.4) is 0 Å². The lowest BCUT2D eigenvalue weighted by Gasteiger charge is -2.22. The van der Waals surface area contributed by atoms with Crippen LogP contribution in [-0.2, 0) is 11.4 Å². The van der Waals surface area contributed by atoms with Gasteiger partial charge in [0.1, 0.15) is 12.6 Å². The minimum atomic E-state index is -0.971. The van der Waals surface area contributed by atoms with E-state index in [9.17, 15) is 14.7 Å². The van der Waals surface area contributed by atoms with E-state index in [2.05, 4.69) is 4.98 Å². The summed E-state index contributed by atoms with van der Waals surface area (Å²) in [6, 6.07) is 4.10. The molecule has 0 radical (unpaired) electrons. The molecule has 2 heterocycles. The fourth-order valence-corrected chi connectivity index (χ4v) is 3.36. The molecule has 25 heavy (non-hydrogen) atoms. The SMILES string of the molecule is COc1cc(C(=O)N2CCC[C@@H]2C(=O)O)ccc1OCc1cscn1. The molecule has 7 nitrogen and oxygen atoms in total. The highest BCUT2D eigenvalue weighted by Gasteiger charge is 2.34. The zero-order chi connectivity index (χ0) is 17.8. The van der Waals surface area contributed by atoms with E-state index in [1.54, 1.807) is 23.7 Å². The molecule has 0 spiro atoms. The van der Waals surface area contributed by atoms with Crippen LogP contribution in [0, 0.1) is 0 Å². The summed E-state index contributed by atoms with van der Waals surface area (Å²) >= 11 is 1.49. The molecule has 1 N–H and O–H groups in total. The van der Waals surface area contributed by atoms with Gasteiger partial charge in [-0.1, -0.05) is 0 Å². The number of carbonyl (C=O) groups excluding carboxylic acids is 1. The van der Waals surface area contributed by atoms with Crippen LogP contribution in [0.1, 0.15) is 28.9 Å². The van der Waals surface area contributed by atoms with Crippen molar-refractivity contribution in [3.05, 3.63) is 40.3 Å². The van der Waals surface area contributed by atoms with Crippen LogP contribution in [0.25, 0.3) is 0 Å². The Morgan fingerprint density at radius 3 is 2.92 bits per heavy atom. The number of benzene rings is 1. The highest BCUT2D eigenvalue weighted by atomic mass is 32.1. The first-order chi connectivity index (χ1) is 12.1. The molecule has 132 valence electrons. The van der Waals surface area contributed by atoms with Gasteiger partial charge in [-0.3, -0.25) is 4.79 Å². The van der Waals surface area contributed by atoms with Gasteiger partial charge in [-0.2, -0.15) is 0 Å². The number of nitrogens with zero attached hydrogens (tertiary/aromatic N) is 2. The summed E-state index contributed by atoms with van der Waals surface area (Å²) in [7, 11) is 1.50. The van der Waals surface area contributed by atoms with E-state index >= 15 is 0 Å². The van der Waals surface area contributed by atoms with Crippen LogP contribution in [0.4, 0.5) is 0 Å². The number of carbonyl (C=O) groups is 2. The molecule has 3 rings (SSSR count). The van der Waals surface area contributed by atoms with Gasteiger partial charge in [0.15, 0.2) is 11.5 Å². The van der Waals surface area contributed by atoms with Gasteiger partial charge in [0.25, 0.3) is 5.91 Å². The molecule has 1 aromatic heterocycles. The molecule has 1 aliphatic heterocycles. The summed E-state index contributed by atoms with van der Waals surface area (Å²) in [5.74, 6) is -0.356. The van der Waals surface area contributed by atoms with Crippen molar-refractivity contribution in [3.8, 4) is 11.5 Å². The number of aromatic nitrogens is 1. The van der Waals surface area contributed by atoms with Crippen molar-refractivity contribution in [2.45, 2.75) is 25.5 Å². The van der Waals surface area contributed by atoms with Gasteiger partial charge in [-0.15, -0.1) is 11.3 Å². The Kier molecular flexibility index (Phi) is 5.18. The number of amides is 1. The van der Waals surface area contributed by atoms with E-state index in [0.29, 0.717) is 43.1 Å². The summed E-state index contributed by atoms with van der Waals surface area (Å²) < 4.78 is 11.0. The third-order valence-corrected chi connectivity index (χ3v) is 4.70. The lowest BCUT2D eigenvalue weighted by atomic mass is 10.1. The van der Waals surface area contributed by atoms with Gasteiger partial charge in [-0.25, -0.2) is 9.78 Å². The molecule has 0 aliphatic carbocycles. The zero-order valence-electron chi connectivity index (χ0n) is 13.7. The van der Waals surface area contributed by atoms with Crippen LogP contribution in [0.5, 0.6) is 11.5 Å². The van der Waals surface area contributed by atoms with Crippen LogP contribution >= 0.6 is 11.3 Å². The first kappa shape index (κ1) is 17.2. The number of hydrogen-bond acceptors (Lipinski definition) is 6. The molecule has 1 atom stereocenters. The van der Waals surface area contributed by atoms with E-state index < -0.39 is 12.0 Å². The zero-order valence-corrected chi connectivity index (χ0v) is 14.5. The molecule has 8 heteroatoms. The minimum absolute atomic E-state index is 0.306. The van der Waals surface area contributed by atoms with Gasteiger partial charge in [0.05, 0.1) is 18.3 Å². The first-order valence-corrected chi connectivity index (χ1v) is 8.76. The molecular weight excluding hydrogens is 344 g/mol. The fraction of sp³-hybridized carbons (Fsp3) is 0.353. The predicted octanol–water partition coefficient (Wildman–Crippen LogP) is 2.42. The summed E-state index contributed by atoms with van der Waals surface area (Å²) in [6.45, 7) is 0.751. The molecule has 1 fully saturated rings. The van der Waals surface area contributed by atoms with E-state index in [1.807, 2.05) is 5.38 Å². The van der Waals surface area contributed by atoms with Crippen LogP contribution < -0.4 is 9.47 Å². The highest BCUT2D eigenvalue weighted by molar-refractivity contribution is 7.07. The molecule has 0 bridgehead atoms. The maximum Gasteiger partial charge on any atom is 0.326 e. The van der Waals surface area contributed by atoms with Gasteiger partial charge in [0.2, 0.25) is 0 Å². The standard InChI is InChI=1S/C17H18N2O5S/c1-23-15-7-11(16(20)19-6-2-3-13(19)17(21)22)4-5-14(15)24-8-12-9-25-10-18-12/h4-5,7,9-10,13H,2-3,6,8H2,1H3,(H,21,22)/t13-/m1/s1. The number of carboxylic acids is 1. The van der Waals surface area contributed by atoms with Crippen LogP contribution in [-0.4, -0.2) is 46.6 Å². The number of methoxy groups -OCH3 is 1. The number of likely N-dealkylation sites (tertiary alicyclic amines) is 1. The van der Waals surface area contributed by atoms with Crippen LogP contribution in [0.2, 0.25) is 0 Å². The third kappa shape index (κ3) is 3.74. The molecule has 1 aromatic carbocycles. The number of aliphatic carboxylic acids is 1. The molecular formula is C17H18N2O5S.